The Morgan fingerprint density at radius 1 is 1.41 bits per heavy atom. The van der Waals surface area contributed by atoms with Crippen LogP contribution in [0.4, 0.5) is 0 Å². The minimum Gasteiger partial charge on any atom is -0.383 e. The van der Waals surface area contributed by atoms with E-state index < -0.39 is 0 Å². The van der Waals surface area contributed by atoms with Crippen LogP contribution < -0.4 is 0 Å². The number of likely N-dealkylation sites (N-methyl/N-ethyl adjacent to an activating group) is 1. The molecule has 0 N–H and O–H groups in total. The highest BCUT2D eigenvalue weighted by atomic mass is 16.5. The van der Waals surface area contributed by atoms with E-state index in [-0.39, 0.29) is 12.0 Å². The number of hydrogen-bond acceptors (Lipinski definition) is 6. The Hall–Kier alpha value is -2.58. The summed E-state index contributed by atoms with van der Waals surface area (Å²) in [4.78, 5) is 18.8. The van der Waals surface area contributed by atoms with Crippen LogP contribution in [0.3, 0.4) is 0 Å². The molecule has 1 atom stereocenters. The first kappa shape index (κ1) is 17.8. The molecule has 1 amide bonds. The van der Waals surface area contributed by atoms with Crippen molar-refractivity contribution in [1.29, 1.82) is 0 Å². The summed E-state index contributed by atoms with van der Waals surface area (Å²) in [5.41, 5.74) is 2.83. The van der Waals surface area contributed by atoms with Crippen molar-refractivity contribution in [3.05, 3.63) is 30.1 Å². The zero-order valence-corrected chi connectivity index (χ0v) is 15.6. The molecule has 1 fully saturated rings. The molecule has 8 nitrogen and oxygen atoms in total. The van der Waals surface area contributed by atoms with Crippen LogP contribution in [-0.2, 0) is 16.0 Å². The molecule has 142 valence electrons. The van der Waals surface area contributed by atoms with E-state index in [9.17, 15) is 4.79 Å². The van der Waals surface area contributed by atoms with E-state index in [1.54, 1.807) is 31.5 Å². The number of fused-ring (bicyclic) bond motifs is 3. The Morgan fingerprint density at radius 2 is 2.30 bits per heavy atom. The van der Waals surface area contributed by atoms with E-state index in [0.29, 0.717) is 24.4 Å². The third-order valence-corrected chi connectivity index (χ3v) is 4.97. The first-order valence-electron chi connectivity index (χ1n) is 9.14. The summed E-state index contributed by atoms with van der Waals surface area (Å²) in [5, 5.41) is 9.34. The fourth-order valence-electron chi connectivity index (χ4n) is 3.46. The average Bonchev–Trinajstić information content (AvgIpc) is 3.35. The molecule has 0 radical (unpaired) electrons. The summed E-state index contributed by atoms with van der Waals surface area (Å²) in [5.74, 6) is -0.0518. The Morgan fingerprint density at radius 3 is 3.07 bits per heavy atom. The van der Waals surface area contributed by atoms with Gasteiger partial charge in [-0.05, 0) is 31.0 Å². The topological polar surface area (TPSA) is 82.4 Å². The molecule has 8 heteroatoms. The number of nitrogens with zero attached hydrogens (tertiary/aromatic N) is 5. The third kappa shape index (κ3) is 3.50. The van der Waals surface area contributed by atoms with Crippen molar-refractivity contribution in [2.24, 2.45) is 0 Å². The number of benzene rings is 1. The number of imidazole rings is 1. The number of hydrogen-bond donors (Lipinski definition) is 0. The fourth-order valence-corrected chi connectivity index (χ4v) is 3.46. The van der Waals surface area contributed by atoms with E-state index in [0.717, 1.165) is 42.4 Å². The second kappa shape index (κ2) is 7.58. The van der Waals surface area contributed by atoms with Gasteiger partial charge in [0.2, 0.25) is 5.65 Å². The van der Waals surface area contributed by atoms with Crippen LogP contribution in [-0.4, -0.2) is 70.6 Å². The van der Waals surface area contributed by atoms with Crippen LogP contribution >= 0.6 is 0 Å². The van der Waals surface area contributed by atoms with Crippen molar-refractivity contribution in [2.75, 3.05) is 33.9 Å². The molecule has 1 unspecified atom stereocenters. The molecule has 3 heterocycles. The fraction of sp³-hybridized carbons (Fsp3) is 0.474. The molecule has 0 spiro atoms. The highest BCUT2D eigenvalue weighted by molar-refractivity contribution is 6.05. The van der Waals surface area contributed by atoms with E-state index in [1.807, 2.05) is 12.1 Å². The summed E-state index contributed by atoms with van der Waals surface area (Å²) in [6.07, 6.45) is 4.10. The molecular weight excluding hydrogens is 346 g/mol. The van der Waals surface area contributed by atoms with Gasteiger partial charge in [0.25, 0.3) is 5.91 Å². The van der Waals surface area contributed by atoms with Gasteiger partial charge in [0.1, 0.15) is 0 Å². The lowest BCUT2D eigenvalue weighted by Gasteiger charge is -2.17. The number of carbonyl (C=O) groups excluding carboxylic acids is 1. The predicted molar refractivity (Wildman–Crippen MR) is 101 cm³/mol. The van der Waals surface area contributed by atoms with Gasteiger partial charge >= 0.3 is 0 Å². The first-order valence-corrected chi connectivity index (χ1v) is 9.14. The van der Waals surface area contributed by atoms with Gasteiger partial charge in [-0.2, -0.15) is 0 Å². The summed E-state index contributed by atoms with van der Waals surface area (Å²) < 4.78 is 12.9. The molecule has 1 aliphatic heterocycles. The highest BCUT2D eigenvalue weighted by Crippen LogP contribution is 2.25. The highest BCUT2D eigenvalue weighted by Gasteiger charge is 2.19. The minimum atomic E-state index is -0.0518. The second-order valence-corrected chi connectivity index (χ2v) is 6.86. The zero-order chi connectivity index (χ0) is 18.8. The normalized spacial score (nSPS) is 17.0. The van der Waals surface area contributed by atoms with Crippen molar-refractivity contribution in [3.8, 4) is 0 Å². The number of ether oxygens (including phenoxy) is 2. The van der Waals surface area contributed by atoms with Crippen LogP contribution in [0.1, 0.15) is 23.2 Å². The number of aromatic nitrogens is 4. The number of rotatable bonds is 6. The molecule has 0 saturated carbocycles. The van der Waals surface area contributed by atoms with Gasteiger partial charge in [-0.1, -0.05) is 0 Å². The molecule has 1 aliphatic rings. The summed E-state index contributed by atoms with van der Waals surface area (Å²) in [6, 6.07) is 5.50. The summed E-state index contributed by atoms with van der Waals surface area (Å²) in [7, 11) is 3.40. The van der Waals surface area contributed by atoms with Gasteiger partial charge in [-0.3, -0.25) is 4.79 Å². The lowest BCUT2D eigenvalue weighted by molar-refractivity contribution is 0.0744. The number of amides is 1. The van der Waals surface area contributed by atoms with E-state index in [1.165, 1.54) is 0 Å². The zero-order valence-electron chi connectivity index (χ0n) is 15.6. The molecule has 0 bridgehead atoms. The SMILES string of the molecule is COCCN(C)C(=O)c1ccc2nnc3ncn(CC4CCCO4)c3c2c1. The maximum absolute atomic E-state index is 12.7. The molecule has 2 aromatic heterocycles. The van der Waals surface area contributed by atoms with Crippen molar-refractivity contribution >= 4 is 28.0 Å². The standard InChI is InChI=1S/C19H23N5O3/c1-23(7-9-26-2)19(25)13-5-6-16-15(10-13)17-18(22-21-16)20-12-24(17)11-14-4-3-8-27-14/h5-6,10,12,14H,3-4,7-9,11H2,1-2H3. The predicted octanol–water partition coefficient (Wildman–Crippen LogP) is 1.88. The number of methoxy groups -OCH3 is 1. The van der Waals surface area contributed by atoms with E-state index in [2.05, 4.69) is 19.7 Å². The largest absolute Gasteiger partial charge is 0.383 e. The van der Waals surface area contributed by atoms with Crippen molar-refractivity contribution in [3.63, 3.8) is 0 Å². The smallest absolute Gasteiger partial charge is 0.253 e. The monoisotopic (exact) mass is 369 g/mol. The van der Waals surface area contributed by atoms with Crippen molar-refractivity contribution < 1.29 is 14.3 Å². The molecule has 0 aliphatic carbocycles. The van der Waals surface area contributed by atoms with Gasteiger partial charge in [-0.25, -0.2) is 4.98 Å². The summed E-state index contributed by atoms with van der Waals surface area (Å²) in [6.45, 7) is 2.57. The molecule has 3 aromatic rings. The Labute approximate surface area is 157 Å². The molecule has 1 saturated heterocycles. The lowest BCUT2D eigenvalue weighted by Crippen LogP contribution is -2.29. The van der Waals surface area contributed by atoms with E-state index in [4.69, 9.17) is 9.47 Å². The Kier molecular flexibility index (Phi) is 5.00. The van der Waals surface area contributed by atoms with Gasteiger partial charge in [0.05, 0.1) is 36.6 Å². The molecule has 27 heavy (non-hydrogen) atoms. The molecule has 4 rings (SSSR count). The van der Waals surface area contributed by atoms with Gasteiger partial charge in [0, 0.05) is 38.3 Å². The molecule has 1 aromatic carbocycles. The van der Waals surface area contributed by atoms with Crippen LogP contribution in [0.15, 0.2) is 24.5 Å². The maximum Gasteiger partial charge on any atom is 0.253 e. The Bertz CT molecular complexity index is 965. The third-order valence-electron chi connectivity index (χ3n) is 4.97. The van der Waals surface area contributed by atoms with Crippen LogP contribution in [0, 0.1) is 0 Å². The minimum absolute atomic E-state index is 0.0518. The molecular formula is C19H23N5O3. The Balaban J connectivity index is 1.73. The summed E-state index contributed by atoms with van der Waals surface area (Å²) >= 11 is 0. The maximum atomic E-state index is 12.7. The van der Waals surface area contributed by atoms with Crippen molar-refractivity contribution in [1.82, 2.24) is 24.6 Å². The van der Waals surface area contributed by atoms with Gasteiger partial charge in [-0.15, -0.1) is 10.2 Å². The van der Waals surface area contributed by atoms with Crippen LogP contribution in [0.5, 0.6) is 0 Å². The van der Waals surface area contributed by atoms with E-state index >= 15 is 0 Å². The second-order valence-electron chi connectivity index (χ2n) is 6.86. The quantitative estimate of drug-likeness (QED) is 0.660. The van der Waals surface area contributed by atoms with Gasteiger partial charge in [0.15, 0.2) is 0 Å². The van der Waals surface area contributed by atoms with Gasteiger partial charge < -0.3 is 18.9 Å². The van der Waals surface area contributed by atoms with Crippen LogP contribution in [0.25, 0.3) is 22.1 Å². The van der Waals surface area contributed by atoms with Crippen molar-refractivity contribution in [2.45, 2.75) is 25.5 Å². The lowest BCUT2D eigenvalue weighted by atomic mass is 10.1. The van der Waals surface area contributed by atoms with Crippen LogP contribution in [0.2, 0.25) is 0 Å². The first-order chi connectivity index (χ1) is 13.2. The number of carbonyl (C=O) groups is 1. The average molecular weight is 369 g/mol.